The minimum atomic E-state index is -4.11. The van der Waals surface area contributed by atoms with E-state index in [1.807, 2.05) is 44.2 Å². The number of anilines is 1. The zero-order valence-corrected chi connectivity index (χ0v) is 23.1. The molecule has 0 aliphatic carbocycles. The van der Waals surface area contributed by atoms with Crippen LogP contribution in [0.1, 0.15) is 31.9 Å². The number of rotatable bonds is 12. The average molecular weight is 538 g/mol. The van der Waals surface area contributed by atoms with E-state index in [9.17, 15) is 18.0 Å². The summed E-state index contributed by atoms with van der Waals surface area (Å²) in [4.78, 5) is 28.0. The highest BCUT2D eigenvalue weighted by Crippen LogP contribution is 2.27. The van der Waals surface area contributed by atoms with Crippen molar-refractivity contribution in [3.63, 3.8) is 0 Å². The van der Waals surface area contributed by atoms with Crippen molar-refractivity contribution in [3.05, 3.63) is 90.0 Å². The fourth-order valence-electron chi connectivity index (χ4n) is 3.93. The summed E-state index contributed by atoms with van der Waals surface area (Å²) in [6.07, 6.45) is 0. The second-order valence-corrected chi connectivity index (χ2v) is 10.7. The van der Waals surface area contributed by atoms with E-state index in [1.54, 1.807) is 50.2 Å². The van der Waals surface area contributed by atoms with Crippen LogP contribution in [0.3, 0.4) is 0 Å². The van der Waals surface area contributed by atoms with Gasteiger partial charge in [-0.1, -0.05) is 48.0 Å². The quantitative estimate of drug-likeness (QED) is 0.375. The zero-order valence-electron chi connectivity index (χ0n) is 22.3. The lowest BCUT2D eigenvalue weighted by atomic mass is 10.1. The molecule has 202 valence electrons. The number of benzene rings is 3. The van der Waals surface area contributed by atoms with Crippen LogP contribution in [0.15, 0.2) is 83.8 Å². The molecule has 3 aromatic carbocycles. The normalized spacial score (nSPS) is 11.9. The summed E-state index contributed by atoms with van der Waals surface area (Å²) >= 11 is 0. The van der Waals surface area contributed by atoms with Crippen molar-refractivity contribution >= 4 is 27.5 Å². The van der Waals surface area contributed by atoms with E-state index >= 15 is 0 Å². The number of ether oxygens (including phenoxy) is 1. The van der Waals surface area contributed by atoms with Gasteiger partial charge in [0.15, 0.2) is 0 Å². The summed E-state index contributed by atoms with van der Waals surface area (Å²) in [6, 6.07) is 21.5. The largest absolute Gasteiger partial charge is 0.494 e. The minimum Gasteiger partial charge on any atom is -0.494 e. The summed E-state index contributed by atoms with van der Waals surface area (Å²) in [7, 11) is -4.11. The highest BCUT2D eigenvalue weighted by atomic mass is 32.2. The Labute approximate surface area is 225 Å². The van der Waals surface area contributed by atoms with Gasteiger partial charge in [0.05, 0.1) is 17.2 Å². The molecule has 3 aromatic rings. The first-order chi connectivity index (χ1) is 18.2. The second kappa shape index (κ2) is 13.1. The van der Waals surface area contributed by atoms with Crippen LogP contribution in [-0.4, -0.2) is 50.9 Å². The Morgan fingerprint density at radius 2 is 1.55 bits per heavy atom. The van der Waals surface area contributed by atoms with Gasteiger partial charge in [0.1, 0.15) is 18.3 Å². The predicted octanol–water partition coefficient (Wildman–Crippen LogP) is 4.14. The van der Waals surface area contributed by atoms with E-state index in [1.165, 1.54) is 17.0 Å². The molecule has 0 radical (unpaired) electrons. The maximum absolute atomic E-state index is 13.8. The molecule has 3 rings (SSSR count). The lowest BCUT2D eigenvalue weighted by Gasteiger charge is -2.32. The van der Waals surface area contributed by atoms with Gasteiger partial charge in [0.25, 0.3) is 10.0 Å². The first-order valence-electron chi connectivity index (χ1n) is 12.6. The van der Waals surface area contributed by atoms with Gasteiger partial charge in [-0.15, -0.1) is 0 Å². The van der Waals surface area contributed by atoms with E-state index in [-0.39, 0.29) is 17.3 Å². The number of carbonyl (C=O) groups is 2. The first-order valence-corrected chi connectivity index (χ1v) is 14.0. The van der Waals surface area contributed by atoms with Crippen molar-refractivity contribution in [2.24, 2.45) is 0 Å². The van der Waals surface area contributed by atoms with E-state index in [0.717, 1.165) is 15.4 Å². The van der Waals surface area contributed by atoms with Crippen molar-refractivity contribution in [3.8, 4) is 5.75 Å². The first kappa shape index (κ1) is 28.7. The molecule has 8 nitrogen and oxygen atoms in total. The van der Waals surface area contributed by atoms with Crippen molar-refractivity contribution in [2.75, 3.05) is 24.0 Å². The molecule has 0 aliphatic heterocycles. The van der Waals surface area contributed by atoms with Crippen molar-refractivity contribution in [1.82, 2.24) is 10.2 Å². The summed E-state index contributed by atoms with van der Waals surface area (Å²) in [5.74, 6) is -0.228. The third-order valence-corrected chi connectivity index (χ3v) is 7.83. The molecule has 0 aromatic heterocycles. The van der Waals surface area contributed by atoms with Crippen LogP contribution in [0.5, 0.6) is 5.75 Å². The Bertz CT molecular complexity index is 1310. The molecule has 1 unspecified atom stereocenters. The summed E-state index contributed by atoms with van der Waals surface area (Å²) < 4.78 is 34.2. The van der Waals surface area contributed by atoms with Crippen LogP contribution in [0.25, 0.3) is 0 Å². The molecule has 2 amide bonds. The number of hydrogen-bond donors (Lipinski definition) is 1. The lowest BCUT2D eigenvalue weighted by Crippen LogP contribution is -2.51. The van der Waals surface area contributed by atoms with Gasteiger partial charge >= 0.3 is 0 Å². The third kappa shape index (κ3) is 7.13. The summed E-state index contributed by atoms with van der Waals surface area (Å²) in [5.41, 5.74) is 2.05. The predicted molar refractivity (Wildman–Crippen MR) is 148 cm³/mol. The third-order valence-electron chi connectivity index (χ3n) is 6.04. The number of nitrogens with zero attached hydrogens (tertiary/aromatic N) is 2. The number of amides is 2. The number of aryl methyl sites for hydroxylation is 1. The summed E-state index contributed by atoms with van der Waals surface area (Å²) in [5, 5.41) is 2.75. The van der Waals surface area contributed by atoms with Gasteiger partial charge in [-0.25, -0.2) is 8.42 Å². The van der Waals surface area contributed by atoms with E-state index in [0.29, 0.717) is 24.6 Å². The standard InChI is InChI=1S/C29H35N3O5S/c1-5-30-29(34)23(4)31(20-24-10-8-7-9-11-24)28(33)21-32(25-14-16-26(17-15-25)37-6-2)38(35,36)27-18-12-22(3)13-19-27/h7-19,23H,5-6,20-21H2,1-4H3,(H,30,34). The molecular formula is C29H35N3O5S. The highest BCUT2D eigenvalue weighted by Gasteiger charge is 2.32. The topological polar surface area (TPSA) is 96.0 Å². The number of likely N-dealkylation sites (N-methyl/N-ethyl adjacent to an activating group) is 1. The Morgan fingerprint density at radius 1 is 0.921 bits per heavy atom. The van der Waals surface area contributed by atoms with E-state index in [2.05, 4.69) is 5.32 Å². The zero-order chi connectivity index (χ0) is 27.7. The van der Waals surface area contributed by atoms with Gasteiger partial charge in [-0.05, 0) is 69.7 Å². The van der Waals surface area contributed by atoms with Gasteiger partial charge in [-0.3, -0.25) is 13.9 Å². The second-order valence-electron chi connectivity index (χ2n) is 8.83. The maximum Gasteiger partial charge on any atom is 0.264 e. The Kier molecular flexibility index (Phi) is 9.90. The van der Waals surface area contributed by atoms with Gasteiger partial charge in [0.2, 0.25) is 11.8 Å². The smallest absolute Gasteiger partial charge is 0.264 e. The van der Waals surface area contributed by atoms with Crippen molar-refractivity contribution < 1.29 is 22.7 Å². The van der Waals surface area contributed by atoms with E-state index in [4.69, 9.17) is 4.74 Å². The molecule has 0 saturated heterocycles. The fourth-order valence-corrected chi connectivity index (χ4v) is 5.34. The Hall–Kier alpha value is -3.85. The molecule has 0 saturated carbocycles. The summed E-state index contributed by atoms with van der Waals surface area (Å²) in [6.45, 7) is 7.72. The molecule has 9 heteroatoms. The molecule has 0 aliphatic rings. The van der Waals surface area contributed by atoms with Crippen LogP contribution in [0, 0.1) is 6.92 Å². The Morgan fingerprint density at radius 3 is 2.13 bits per heavy atom. The monoisotopic (exact) mass is 537 g/mol. The van der Waals surface area contributed by atoms with Crippen molar-refractivity contribution in [2.45, 2.75) is 45.2 Å². The fraction of sp³-hybridized carbons (Fsp3) is 0.310. The molecule has 1 atom stereocenters. The number of carbonyl (C=O) groups excluding carboxylic acids is 2. The van der Waals surface area contributed by atoms with Crippen molar-refractivity contribution in [1.29, 1.82) is 0 Å². The number of nitrogens with one attached hydrogen (secondary N) is 1. The molecule has 38 heavy (non-hydrogen) atoms. The van der Waals surface area contributed by atoms with Gasteiger partial charge in [-0.2, -0.15) is 0 Å². The molecule has 0 heterocycles. The van der Waals surface area contributed by atoms with Crippen LogP contribution in [0.4, 0.5) is 5.69 Å². The number of hydrogen-bond acceptors (Lipinski definition) is 5. The van der Waals surface area contributed by atoms with Gasteiger partial charge in [0, 0.05) is 13.1 Å². The molecule has 0 bridgehead atoms. The maximum atomic E-state index is 13.8. The average Bonchev–Trinajstić information content (AvgIpc) is 2.91. The molecular weight excluding hydrogens is 502 g/mol. The van der Waals surface area contributed by atoms with Gasteiger partial charge < -0.3 is 15.0 Å². The van der Waals surface area contributed by atoms with Crippen LogP contribution < -0.4 is 14.4 Å². The molecule has 0 fully saturated rings. The van der Waals surface area contributed by atoms with Crippen LogP contribution >= 0.6 is 0 Å². The SMILES string of the molecule is CCNC(=O)C(C)N(Cc1ccccc1)C(=O)CN(c1ccc(OCC)cc1)S(=O)(=O)c1ccc(C)cc1. The molecule has 1 N–H and O–H groups in total. The van der Waals surface area contributed by atoms with Crippen LogP contribution in [0.2, 0.25) is 0 Å². The highest BCUT2D eigenvalue weighted by molar-refractivity contribution is 7.92. The lowest BCUT2D eigenvalue weighted by molar-refractivity contribution is -0.139. The number of sulfonamides is 1. The minimum absolute atomic E-state index is 0.0659. The van der Waals surface area contributed by atoms with E-state index < -0.39 is 28.5 Å². The Balaban J connectivity index is 2.02. The molecule has 0 spiro atoms. The van der Waals surface area contributed by atoms with Crippen LogP contribution in [-0.2, 0) is 26.2 Å².